The van der Waals surface area contributed by atoms with E-state index in [1.807, 2.05) is 40.0 Å². The van der Waals surface area contributed by atoms with Crippen molar-refractivity contribution in [2.45, 2.75) is 19.5 Å². The molecule has 148 valence electrons. The fraction of sp³-hybridized carbons (Fsp3) is 0.389. The number of carbonyl (C=O) groups is 1. The number of amides is 1. The van der Waals surface area contributed by atoms with Crippen LogP contribution in [-0.2, 0) is 11.3 Å². The second-order valence-electron chi connectivity index (χ2n) is 6.68. The monoisotopic (exact) mass is 453 g/mol. The molecule has 6 nitrogen and oxygen atoms in total. The zero-order chi connectivity index (χ0) is 19.7. The maximum Gasteiger partial charge on any atom is 0.245 e. The molecule has 0 radical (unpaired) electrons. The van der Waals surface area contributed by atoms with Crippen LogP contribution in [0.4, 0.5) is 0 Å². The minimum atomic E-state index is -0.397. The first-order chi connectivity index (χ1) is 13.5. The largest absolute Gasteiger partial charge is 0.338 e. The predicted octanol–water partition coefficient (Wildman–Crippen LogP) is 4.29. The van der Waals surface area contributed by atoms with Crippen molar-refractivity contribution in [2.75, 3.05) is 26.2 Å². The zero-order valence-corrected chi connectivity index (χ0v) is 18.5. The molecule has 4 heterocycles. The second kappa shape index (κ2) is 8.46. The number of nitrogens with zero attached hydrogens (tertiary/aromatic N) is 4. The van der Waals surface area contributed by atoms with Gasteiger partial charge < -0.3 is 4.90 Å². The summed E-state index contributed by atoms with van der Waals surface area (Å²) in [5.41, 5.74) is 0. The van der Waals surface area contributed by atoms with Crippen molar-refractivity contribution in [3.05, 3.63) is 43.6 Å². The Morgan fingerprint density at radius 1 is 1.32 bits per heavy atom. The molecule has 1 aliphatic rings. The zero-order valence-electron chi connectivity index (χ0n) is 15.3. The molecule has 1 amide bonds. The first-order valence-corrected chi connectivity index (χ1v) is 11.5. The van der Waals surface area contributed by atoms with Crippen LogP contribution in [0.1, 0.15) is 17.8 Å². The van der Waals surface area contributed by atoms with Crippen LogP contribution in [-0.4, -0.2) is 56.7 Å². The van der Waals surface area contributed by atoms with Gasteiger partial charge in [-0.15, -0.1) is 22.7 Å². The maximum atomic E-state index is 13.1. The normalized spacial score (nSPS) is 16.4. The number of halogens is 1. The van der Waals surface area contributed by atoms with Gasteiger partial charge in [-0.2, -0.15) is 5.10 Å². The smallest absolute Gasteiger partial charge is 0.245 e. The van der Waals surface area contributed by atoms with Gasteiger partial charge >= 0.3 is 0 Å². The summed E-state index contributed by atoms with van der Waals surface area (Å²) in [6.07, 6.45) is 0. The molecule has 3 aromatic rings. The van der Waals surface area contributed by atoms with Gasteiger partial charge in [-0.25, -0.2) is 0 Å². The SMILES string of the molecule is CC(C(=O)N1CCN(Cc2ccc(Cl)s2)CC1)n1c(-c2cccs2)n[nH]c1=S. The van der Waals surface area contributed by atoms with Gasteiger partial charge in [0, 0.05) is 37.6 Å². The molecule has 4 rings (SSSR count). The number of aromatic nitrogens is 3. The highest BCUT2D eigenvalue weighted by Crippen LogP contribution is 2.27. The summed E-state index contributed by atoms with van der Waals surface area (Å²) in [5, 5.41) is 9.16. The summed E-state index contributed by atoms with van der Waals surface area (Å²) >= 11 is 14.6. The number of carbonyl (C=O) groups excluding carboxylic acids is 1. The third-order valence-electron chi connectivity index (χ3n) is 4.88. The van der Waals surface area contributed by atoms with Gasteiger partial charge in [0.1, 0.15) is 6.04 Å². The van der Waals surface area contributed by atoms with Gasteiger partial charge in [-0.1, -0.05) is 17.7 Å². The Balaban J connectivity index is 1.42. The van der Waals surface area contributed by atoms with Crippen LogP contribution in [0.15, 0.2) is 29.6 Å². The van der Waals surface area contributed by atoms with Crippen LogP contribution in [0.2, 0.25) is 4.34 Å². The fourth-order valence-corrected chi connectivity index (χ4v) is 5.53. The Kier molecular flexibility index (Phi) is 5.98. The van der Waals surface area contributed by atoms with Gasteiger partial charge in [0.15, 0.2) is 10.6 Å². The summed E-state index contributed by atoms with van der Waals surface area (Å²) in [5.74, 6) is 0.795. The van der Waals surface area contributed by atoms with E-state index in [0.717, 1.165) is 28.8 Å². The molecule has 0 aromatic carbocycles. The van der Waals surface area contributed by atoms with E-state index in [1.165, 1.54) is 4.88 Å². The molecular formula is C18H20ClN5OS3. The van der Waals surface area contributed by atoms with Gasteiger partial charge in [0.05, 0.1) is 9.21 Å². The van der Waals surface area contributed by atoms with Crippen molar-refractivity contribution in [3.8, 4) is 10.7 Å². The van der Waals surface area contributed by atoms with Crippen LogP contribution in [0.5, 0.6) is 0 Å². The Morgan fingerprint density at radius 3 is 2.75 bits per heavy atom. The van der Waals surface area contributed by atoms with Crippen molar-refractivity contribution in [3.63, 3.8) is 0 Å². The minimum absolute atomic E-state index is 0.0779. The highest BCUT2D eigenvalue weighted by molar-refractivity contribution is 7.71. The van der Waals surface area contributed by atoms with E-state index in [9.17, 15) is 4.79 Å². The highest BCUT2D eigenvalue weighted by atomic mass is 35.5. The predicted molar refractivity (Wildman–Crippen MR) is 117 cm³/mol. The van der Waals surface area contributed by atoms with Crippen molar-refractivity contribution >= 4 is 52.4 Å². The second-order valence-corrected chi connectivity index (χ2v) is 9.82. The number of H-pyrrole nitrogens is 1. The lowest BCUT2D eigenvalue weighted by Crippen LogP contribution is -2.49. The van der Waals surface area contributed by atoms with Gasteiger partial charge in [0.2, 0.25) is 5.91 Å². The molecule has 0 aliphatic carbocycles. The highest BCUT2D eigenvalue weighted by Gasteiger charge is 2.28. The molecule has 1 saturated heterocycles. The lowest BCUT2D eigenvalue weighted by molar-refractivity contribution is -0.136. The number of hydrogen-bond acceptors (Lipinski definition) is 6. The topological polar surface area (TPSA) is 57.2 Å². The third kappa shape index (κ3) is 4.08. The molecule has 1 atom stereocenters. The van der Waals surface area contributed by atoms with E-state index in [0.29, 0.717) is 23.7 Å². The Labute approximate surface area is 181 Å². The van der Waals surface area contributed by atoms with Crippen molar-refractivity contribution in [1.82, 2.24) is 24.6 Å². The molecule has 1 unspecified atom stereocenters. The first-order valence-electron chi connectivity index (χ1n) is 8.99. The molecule has 0 bridgehead atoms. The number of piperazine rings is 1. The summed E-state index contributed by atoms with van der Waals surface area (Å²) in [4.78, 5) is 19.7. The number of hydrogen-bond donors (Lipinski definition) is 1. The quantitative estimate of drug-likeness (QED) is 0.585. The molecular weight excluding hydrogens is 434 g/mol. The molecule has 10 heteroatoms. The molecule has 0 spiro atoms. The average molecular weight is 454 g/mol. The van der Waals surface area contributed by atoms with Crippen LogP contribution in [0.25, 0.3) is 10.7 Å². The lowest BCUT2D eigenvalue weighted by atomic mass is 10.2. The van der Waals surface area contributed by atoms with Gasteiger partial charge in [-0.05, 0) is 42.7 Å². The Morgan fingerprint density at radius 2 is 2.11 bits per heavy atom. The van der Waals surface area contributed by atoms with E-state index in [2.05, 4.69) is 21.2 Å². The summed E-state index contributed by atoms with van der Waals surface area (Å²) in [6.45, 7) is 5.89. The summed E-state index contributed by atoms with van der Waals surface area (Å²) in [7, 11) is 0. The summed E-state index contributed by atoms with van der Waals surface area (Å²) in [6, 6.07) is 7.56. The third-order valence-corrected chi connectivity index (χ3v) is 7.25. The maximum absolute atomic E-state index is 13.1. The average Bonchev–Trinajstić information content (AvgIpc) is 3.43. The van der Waals surface area contributed by atoms with Crippen LogP contribution >= 0.6 is 46.5 Å². The van der Waals surface area contributed by atoms with E-state index >= 15 is 0 Å². The lowest BCUT2D eigenvalue weighted by Gasteiger charge is -2.36. The molecule has 28 heavy (non-hydrogen) atoms. The summed E-state index contributed by atoms with van der Waals surface area (Å²) < 4.78 is 3.11. The number of thiophene rings is 2. The number of aromatic amines is 1. The van der Waals surface area contributed by atoms with Crippen LogP contribution in [0.3, 0.4) is 0 Å². The van der Waals surface area contributed by atoms with Gasteiger partial charge in [-0.3, -0.25) is 19.4 Å². The minimum Gasteiger partial charge on any atom is -0.338 e. The van der Waals surface area contributed by atoms with E-state index in [4.69, 9.17) is 23.8 Å². The van der Waals surface area contributed by atoms with Crippen molar-refractivity contribution in [1.29, 1.82) is 0 Å². The number of nitrogens with one attached hydrogen (secondary N) is 1. The van der Waals surface area contributed by atoms with Crippen LogP contribution in [0, 0.1) is 4.77 Å². The Bertz CT molecular complexity index is 1000. The Hall–Kier alpha value is -1.52. The standard InChI is InChI=1S/C18H20ClN5OS3/c1-12(24-16(20-21-18(24)26)14-3-2-10-27-14)17(25)23-8-6-22(7-9-23)11-13-4-5-15(19)28-13/h2-5,10,12H,6-9,11H2,1H3,(H,21,26). The molecule has 1 fully saturated rings. The van der Waals surface area contributed by atoms with E-state index < -0.39 is 6.04 Å². The van der Waals surface area contributed by atoms with Crippen molar-refractivity contribution in [2.24, 2.45) is 0 Å². The van der Waals surface area contributed by atoms with E-state index in [1.54, 1.807) is 22.7 Å². The fourth-order valence-electron chi connectivity index (χ4n) is 3.40. The van der Waals surface area contributed by atoms with Gasteiger partial charge in [0.25, 0.3) is 0 Å². The first kappa shape index (κ1) is 19.8. The van der Waals surface area contributed by atoms with Crippen molar-refractivity contribution < 1.29 is 4.79 Å². The molecule has 3 aromatic heterocycles. The molecule has 1 aliphatic heterocycles. The molecule has 0 saturated carbocycles. The van der Waals surface area contributed by atoms with Crippen LogP contribution < -0.4 is 0 Å². The number of rotatable bonds is 5. The van der Waals surface area contributed by atoms with E-state index in [-0.39, 0.29) is 5.91 Å². The molecule has 1 N–H and O–H groups in total.